The molecule has 1 aromatic carbocycles. The molecule has 32 heavy (non-hydrogen) atoms. The number of carbonyl (C=O) groups is 1. The summed E-state index contributed by atoms with van der Waals surface area (Å²) < 4.78 is 3.63. The molecule has 5 rings (SSSR count). The van der Waals surface area contributed by atoms with Crippen molar-refractivity contribution in [1.82, 2.24) is 29.5 Å². The molecule has 10 heteroatoms. The number of benzene rings is 1. The van der Waals surface area contributed by atoms with Gasteiger partial charge in [-0.3, -0.25) is 14.0 Å². The van der Waals surface area contributed by atoms with Crippen molar-refractivity contribution in [3.05, 3.63) is 65.6 Å². The second kappa shape index (κ2) is 7.76. The average Bonchev–Trinajstić information content (AvgIpc) is 3.35. The van der Waals surface area contributed by atoms with Crippen molar-refractivity contribution in [1.29, 1.82) is 0 Å². The van der Waals surface area contributed by atoms with Crippen LogP contribution in [0.4, 0.5) is 11.5 Å². The number of pyridine rings is 1. The van der Waals surface area contributed by atoms with E-state index in [9.17, 15) is 4.79 Å². The number of aromatic nitrogens is 6. The van der Waals surface area contributed by atoms with Gasteiger partial charge in [0, 0.05) is 30.4 Å². The molecule has 0 spiro atoms. The van der Waals surface area contributed by atoms with Crippen molar-refractivity contribution < 1.29 is 4.79 Å². The van der Waals surface area contributed by atoms with Gasteiger partial charge in [-0.15, -0.1) is 10.2 Å². The number of hydrogen-bond acceptors (Lipinski definition) is 6. The van der Waals surface area contributed by atoms with E-state index in [4.69, 9.17) is 17.3 Å². The average molecular weight is 449 g/mol. The van der Waals surface area contributed by atoms with Gasteiger partial charge in [-0.05, 0) is 36.8 Å². The molecule has 0 fully saturated rings. The smallest absolute Gasteiger partial charge is 0.239 e. The first-order chi connectivity index (χ1) is 15.4. The van der Waals surface area contributed by atoms with Gasteiger partial charge in [0.05, 0.1) is 22.6 Å². The molecule has 4 aromatic rings. The van der Waals surface area contributed by atoms with Crippen LogP contribution in [0, 0.1) is 6.92 Å². The summed E-state index contributed by atoms with van der Waals surface area (Å²) in [6, 6.07) is 9.92. The zero-order valence-electron chi connectivity index (χ0n) is 17.6. The number of fused-ring (bicyclic) bond motifs is 3. The van der Waals surface area contributed by atoms with Crippen LogP contribution in [0.1, 0.15) is 24.5 Å². The third-order valence-electron chi connectivity index (χ3n) is 5.53. The zero-order valence-corrected chi connectivity index (χ0v) is 18.4. The molecule has 0 bridgehead atoms. The summed E-state index contributed by atoms with van der Waals surface area (Å²) in [7, 11) is 0. The SMILES string of the molecule is Cc1nnc2n1-c1ccc(-c3cnn(CC(N)=O)c3)cc1N(c1ccc(Cl)cn1)C[C@H]2C. The molecule has 162 valence electrons. The number of rotatable bonds is 4. The summed E-state index contributed by atoms with van der Waals surface area (Å²) in [4.78, 5) is 18.0. The van der Waals surface area contributed by atoms with Gasteiger partial charge in [0.1, 0.15) is 24.0 Å². The molecule has 0 saturated heterocycles. The number of carbonyl (C=O) groups excluding carboxylic acids is 1. The van der Waals surface area contributed by atoms with Crippen LogP contribution in [-0.2, 0) is 11.3 Å². The Kier molecular flexibility index (Phi) is 4.90. The van der Waals surface area contributed by atoms with Gasteiger partial charge in [0.25, 0.3) is 0 Å². The second-order valence-electron chi connectivity index (χ2n) is 7.88. The summed E-state index contributed by atoms with van der Waals surface area (Å²) in [6.45, 7) is 4.78. The van der Waals surface area contributed by atoms with Crippen molar-refractivity contribution in [3.8, 4) is 16.8 Å². The summed E-state index contributed by atoms with van der Waals surface area (Å²) >= 11 is 6.09. The molecule has 0 saturated carbocycles. The Hall–Kier alpha value is -3.72. The van der Waals surface area contributed by atoms with E-state index in [1.807, 2.05) is 31.3 Å². The number of hydrogen-bond donors (Lipinski definition) is 1. The lowest BCUT2D eigenvalue weighted by Crippen LogP contribution is -2.22. The second-order valence-corrected chi connectivity index (χ2v) is 8.32. The molecule has 3 aromatic heterocycles. The van der Waals surface area contributed by atoms with Crippen LogP contribution in [0.15, 0.2) is 48.9 Å². The fraction of sp³-hybridized carbons (Fsp3) is 0.227. The van der Waals surface area contributed by atoms with Crippen molar-refractivity contribution in [2.75, 3.05) is 11.4 Å². The Balaban J connectivity index is 1.67. The lowest BCUT2D eigenvalue weighted by atomic mass is 10.1. The fourth-order valence-electron chi connectivity index (χ4n) is 4.06. The summed E-state index contributed by atoms with van der Waals surface area (Å²) in [5, 5.41) is 13.6. The number of nitrogens with two attached hydrogens (primary N) is 1. The van der Waals surface area contributed by atoms with E-state index in [1.54, 1.807) is 12.4 Å². The van der Waals surface area contributed by atoms with Gasteiger partial charge in [-0.25, -0.2) is 4.98 Å². The molecule has 1 atom stereocenters. The predicted molar refractivity (Wildman–Crippen MR) is 121 cm³/mol. The number of nitrogens with zero attached hydrogens (tertiary/aromatic N) is 7. The number of amides is 1. The third-order valence-corrected chi connectivity index (χ3v) is 5.75. The Morgan fingerprint density at radius 1 is 1.16 bits per heavy atom. The van der Waals surface area contributed by atoms with Gasteiger partial charge in [-0.2, -0.15) is 5.10 Å². The minimum atomic E-state index is -0.439. The minimum absolute atomic E-state index is 0.0343. The number of anilines is 2. The number of primary amides is 1. The molecule has 0 unspecified atom stereocenters. The van der Waals surface area contributed by atoms with Gasteiger partial charge < -0.3 is 10.6 Å². The van der Waals surface area contributed by atoms with E-state index in [2.05, 4.69) is 48.8 Å². The highest BCUT2D eigenvalue weighted by atomic mass is 35.5. The normalized spacial score (nSPS) is 15.2. The number of aryl methyl sites for hydroxylation is 1. The fourth-order valence-corrected chi connectivity index (χ4v) is 4.17. The van der Waals surface area contributed by atoms with Crippen LogP contribution in [0.5, 0.6) is 0 Å². The highest BCUT2D eigenvalue weighted by Gasteiger charge is 2.29. The Labute approximate surface area is 189 Å². The largest absolute Gasteiger partial charge is 0.368 e. The van der Waals surface area contributed by atoms with E-state index in [1.165, 1.54) is 4.68 Å². The molecule has 1 amide bonds. The summed E-state index contributed by atoms with van der Waals surface area (Å²) in [5.41, 5.74) is 9.08. The Bertz CT molecular complexity index is 1310. The van der Waals surface area contributed by atoms with Crippen LogP contribution in [-0.4, -0.2) is 42.0 Å². The standard InChI is InChI=1S/C22H21ClN8O/c1-13-10-30(21-6-4-17(23)9-25-21)19-7-15(16-8-26-29(11-16)12-20(24)32)3-5-18(19)31-14(2)27-28-22(13)31/h3-9,11,13H,10,12H2,1-2H3,(H2,24,32)/t13-/m1/s1. The van der Waals surface area contributed by atoms with Crippen LogP contribution in [0.25, 0.3) is 16.8 Å². The zero-order chi connectivity index (χ0) is 22.4. The quantitative estimate of drug-likeness (QED) is 0.513. The van der Waals surface area contributed by atoms with Crippen LogP contribution in [0.2, 0.25) is 5.02 Å². The lowest BCUT2D eigenvalue weighted by Gasteiger charge is -2.26. The Morgan fingerprint density at radius 3 is 2.75 bits per heavy atom. The van der Waals surface area contributed by atoms with Crippen molar-refractivity contribution in [2.45, 2.75) is 26.3 Å². The topological polar surface area (TPSA) is 108 Å². The third kappa shape index (κ3) is 3.50. The molecule has 0 aliphatic carbocycles. The van der Waals surface area contributed by atoms with Gasteiger partial charge in [0.2, 0.25) is 5.91 Å². The van der Waals surface area contributed by atoms with Crippen LogP contribution < -0.4 is 10.6 Å². The van der Waals surface area contributed by atoms with Crippen LogP contribution >= 0.6 is 11.6 Å². The molecular formula is C22H21ClN8O. The highest BCUT2D eigenvalue weighted by molar-refractivity contribution is 6.30. The first-order valence-electron chi connectivity index (χ1n) is 10.2. The molecule has 0 radical (unpaired) electrons. The van der Waals surface area contributed by atoms with E-state index in [0.717, 1.165) is 40.0 Å². The van der Waals surface area contributed by atoms with Gasteiger partial charge in [0.15, 0.2) is 0 Å². The monoisotopic (exact) mass is 448 g/mol. The molecule has 1 aliphatic rings. The van der Waals surface area contributed by atoms with E-state index in [0.29, 0.717) is 11.6 Å². The molecule has 9 nitrogen and oxygen atoms in total. The first kappa shape index (κ1) is 20.2. The highest BCUT2D eigenvalue weighted by Crippen LogP contribution is 2.39. The predicted octanol–water partition coefficient (Wildman–Crippen LogP) is 3.23. The number of halogens is 1. The maximum atomic E-state index is 11.2. The Morgan fingerprint density at radius 2 is 2.00 bits per heavy atom. The lowest BCUT2D eigenvalue weighted by molar-refractivity contribution is -0.118. The van der Waals surface area contributed by atoms with Crippen molar-refractivity contribution in [2.24, 2.45) is 5.73 Å². The van der Waals surface area contributed by atoms with E-state index in [-0.39, 0.29) is 12.5 Å². The first-order valence-corrected chi connectivity index (χ1v) is 10.5. The molecule has 1 aliphatic heterocycles. The van der Waals surface area contributed by atoms with Crippen LogP contribution in [0.3, 0.4) is 0 Å². The van der Waals surface area contributed by atoms with Gasteiger partial charge >= 0.3 is 0 Å². The van der Waals surface area contributed by atoms with Gasteiger partial charge in [-0.1, -0.05) is 24.6 Å². The minimum Gasteiger partial charge on any atom is -0.368 e. The van der Waals surface area contributed by atoms with Crippen molar-refractivity contribution in [3.63, 3.8) is 0 Å². The van der Waals surface area contributed by atoms with E-state index >= 15 is 0 Å². The molecular weight excluding hydrogens is 428 g/mol. The summed E-state index contributed by atoms with van der Waals surface area (Å²) in [5.74, 6) is 2.19. The maximum absolute atomic E-state index is 11.2. The molecule has 2 N–H and O–H groups in total. The van der Waals surface area contributed by atoms with Crippen molar-refractivity contribution >= 4 is 29.0 Å². The molecule has 4 heterocycles. The maximum Gasteiger partial charge on any atom is 0.239 e. The van der Waals surface area contributed by atoms with E-state index < -0.39 is 5.91 Å². The summed E-state index contributed by atoms with van der Waals surface area (Å²) in [6.07, 6.45) is 5.19.